The largest absolute Gasteiger partial charge is 0.481 e. The van der Waals surface area contributed by atoms with E-state index >= 15 is 0 Å². The maximum absolute atomic E-state index is 10.4. The zero-order valence-electron chi connectivity index (χ0n) is 12.4. The molecule has 0 atom stereocenters. The molecule has 0 amide bonds. The van der Waals surface area contributed by atoms with E-state index < -0.39 is 5.97 Å². The molecule has 1 saturated heterocycles. The van der Waals surface area contributed by atoms with Crippen LogP contribution in [0.5, 0.6) is 0 Å². The van der Waals surface area contributed by atoms with Gasteiger partial charge in [-0.25, -0.2) is 0 Å². The lowest BCUT2D eigenvalue weighted by atomic mass is 10.2. The quantitative estimate of drug-likeness (QED) is 0.721. The van der Waals surface area contributed by atoms with Gasteiger partial charge in [0.05, 0.1) is 13.2 Å². The zero-order valence-corrected chi connectivity index (χ0v) is 12.4. The molecule has 1 aromatic rings. The molecule has 1 fully saturated rings. The van der Waals surface area contributed by atoms with Gasteiger partial charge in [0.15, 0.2) is 0 Å². The highest BCUT2D eigenvalue weighted by atomic mass is 16.5. The lowest BCUT2D eigenvalue weighted by Crippen LogP contribution is -2.36. The number of carbonyl (C=O) groups is 1. The van der Waals surface area contributed by atoms with Crippen molar-refractivity contribution < 1.29 is 14.6 Å². The van der Waals surface area contributed by atoms with Crippen molar-refractivity contribution in [3.05, 3.63) is 24.3 Å². The number of aliphatic carboxylic acids is 1. The number of rotatable bonds is 8. The Labute approximate surface area is 125 Å². The standard InChI is InChI=1S/C16H24N2O3/c19-16(20)4-2-1-3-9-17-14-5-7-15(8-6-14)18-10-12-21-13-11-18/h5-8,17H,1-4,9-13H2,(H,19,20). The van der Waals surface area contributed by atoms with Crippen LogP contribution in [0.25, 0.3) is 0 Å². The van der Waals surface area contributed by atoms with Gasteiger partial charge in [-0.1, -0.05) is 6.42 Å². The van der Waals surface area contributed by atoms with Crippen molar-refractivity contribution in [2.75, 3.05) is 43.1 Å². The third-order valence-electron chi connectivity index (χ3n) is 3.64. The number of benzene rings is 1. The number of hydrogen-bond donors (Lipinski definition) is 2. The van der Waals surface area contributed by atoms with Crippen molar-refractivity contribution in [2.24, 2.45) is 0 Å². The second-order valence-electron chi connectivity index (χ2n) is 5.28. The number of unbranched alkanes of at least 4 members (excludes halogenated alkanes) is 2. The molecule has 1 aromatic carbocycles. The summed E-state index contributed by atoms with van der Waals surface area (Å²) in [5.74, 6) is -0.707. The van der Waals surface area contributed by atoms with Gasteiger partial charge in [-0.15, -0.1) is 0 Å². The van der Waals surface area contributed by atoms with Gasteiger partial charge in [0, 0.05) is 37.4 Å². The predicted molar refractivity (Wildman–Crippen MR) is 84.1 cm³/mol. The van der Waals surface area contributed by atoms with Crippen molar-refractivity contribution >= 4 is 17.3 Å². The van der Waals surface area contributed by atoms with Crippen molar-refractivity contribution in [3.8, 4) is 0 Å². The molecular formula is C16H24N2O3. The molecule has 0 bridgehead atoms. The normalized spacial score (nSPS) is 15.0. The maximum atomic E-state index is 10.4. The lowest BCUT2D eigenvalue weighted by molar-refractivity contribution is -0.137. The molecule has 0 unspecified atom stereocenters. The molecule has 116 valence electrons. The number of ether oxygens (including phenoxy) is 1. The molecule has 0 spiro atoms. The van der Waals surface area contributed by atoms with Crippen LogP contribution in [0.2, 0.25) is 0 Å². The first-order valence-corrected chi connectivity index (χ1v) is 7.64. The third kappa shape index (κ3) is 5.63. The molecule has 0 aromatic heterocycles. The molecule has 0 aliphatic carbocycles. The van der Waals surface area contributed by atoms with E-state index in [4.69, 9.17) is 9.84 Å². The van der Waals surface area contributed by atoms with Crippen LogP contribution in [-0.2, 0) is 9.53 Å². The van der Waals surface area contributed by atoms with E-state index in [-0.39, 0.29) is 6.42 Å². The second-order valence-corrected chi connectivity index (χ2v) is 5.28. The van der Waals surface area contributed by atoms with Crippen molar-refractivity contribution in [1.82, 2.24) is 0 Å². The zero-order chi connectivity index (χ0) is 14.9. The van der Waals surface area contributed by atoms with Gasteiger partial charge in [0.25, 0.3) is 0 Å². The molecule has 2 rings (SSSR count). The maximum Gasteiger partial charge on any atom is 0.303 e. The summed E-state index contributed by atoms with van der Waals surface area (Å²) in [6, 6.07) is 8.47. The van der Waals surface area contributed by atoms with E-state index in [1.54, 1.807) is 0 Å². The van der Waals surface area contributed by atoms with Gasteiger partial charge in [0.1, 0.15) is 0 Å². The summed E-state index contributed by atoms with van der Waals surface area (Å²) < 4.78 is 5.35. The fraction of sp³-hybridized carbons (Fsp3) is 0.562. The van der Waals surface area contributed by atoms with Gasteiger partial charge in [-0.2, -0.15) is 0 Å². The number of carboxylic acid groups (broad SMARTS) is 1. The number of anilines is 2. The number of hydrogen-bond acceptors (Lipinski definition) is 4. The summed E-state index contributed by atoms with van der Waals surface area (Å²) in [6.07, 6.45) is 2.98. The van der Waals surface area contributed by atoms with E-state index in [0.717, 1.165) is 57.8 Å². The Kier molecular flexibility index (Phi) is 6.34. The molecule has 0 saturated carbocycles. The predicted octanol–water partition coefficient (Wildman–Crippen LogP) is 2.58. The van der Waals surface area contributed by atoms with Crippen LogP contribution in [0.15, 0.2) is 24.3 Å². The molecule has 5 heteroatoms. The van der Waals surface area contributed by atoms with E-state index in [1.807, 2.05) is 0 Å². The first-order valence-electron chi connectivity index (χ1n) is 7.64. The van der Waals surface area contributed by atoms with Crippen LogP contribution in [-0.4, -0.2) is 43.9 Å². The van der Waals surface area contributed by atoms with Gasteiger partial charge >= 0.3 is 5.97 Å². The van der Waals surface area contributed by atoms with E-state index in [2.05, 4.69) is 34.5 Å². The molecule has 21 heavy (non-hydrogen) atoms. The number of nitrogens with one attached hydrogen (secondary N) is 1. The topological polar surface area (TPSA) is 61.8 Å². The Hall–Kier alpha value is -1.75. The molecule has 1 heterocycles. The summed E-state index contributed by atoms with van der Waals surface area (Å²) in [7, 11) is 0. The van der Waals surface area contributed by atoms with E-state index in [0.29, 0.717) is 0 Å². The Bertz CT molecular complexity index is 428. The minimum Gasteiger partial charge on any atom is -0.481 e. The van der Waals surface area contributed by atoms with Crippen LogP contribution in [0.3, 0.4) is 0 Å². The summed E-state index contributed by atoms with van der Waals surface area (Å²) in [5.41, 5.74) is 2.36. The minimum atomic E-state index is -0.707. The highest BCUT2D eigenvalue weighted by Crippen LogP contribution is 2.19. The fourth-order valence-electron chi connectivity index (χ4n) is 2.42. The highest BCUT2D eigenvalue weighted by molar-refractivity contribution is 5.66. The summed E-state index contributed by atoms with van der Waals surface area (Å²) in [6.45, 7) is 4.40. The van der Waals surface area contributed by atoms with Crippen LogP contribution in [0, 0.1) is 0 Å². The molecular weight excluding hydrogens is 268 g/mol. The average molecular weight is 292 g/mol. The van der Waals surface area contributed by atoms with Gasteiger partial charge in [0.2, 0.25) is 0 Å². The summed E-state index contributed by atoms with van der Waals surface area (Å²) in [5, 5.41) is 11.9. The van der Waals surface area contributed by atoms with Crippen LogP contribution >= 0.6 is 0 Å². The van der Waals surface area contributed by atoms with Gasteiger partial charge in [-0.05, 0) is 37.1 Å². The second kappa shape index (κ2) is 8.52. The van der Waals surface area contributed by atoms with Crippen LogP contribution < -0.4 is 10.2 Å². The first kappa shape index (κ1) is 15.6. The van der Waals surface area contributed by atoms with Gasteiger partial charge < -0.3 is 20.1 Å². The smallest absolute Gasteiger partial charge is 0.303 e. The summed E-state index contributed by atoms with van der Waals surface area (Å²) in [4.78, 5) is 12.7. The summed E-state index contributed by atoms with van der Waals surface area (Å²) >= 11 is 0. The highest BCUT2D eigenvalue weighted by Gasteiger charge is 2.10. The Morgan fingerprint density at radius 1 is 1.14 bits per heavy atom. The van der Waals surface area contributed by atoms with E-state index in [1.165, 1.54) is 5.69 Å². The Morgan fingerprint density at radius 2 is 1.86 bits per heavy atom. The molecule has 2 N–H and O–H groups in total. The Balaban J connectivity index is 1.66. The molecule has 5 nitrogen and oxygen atoms in total. The third-order valence-corrected chi connectivity index (χ3v) is 3.64. The molecule has 1 aliphatic rings. The van der Waals surface area contributed by atoms with Crippen molar-refractivity contribution in [3.63, 3.8) is 0 Å². The lowest BCUT2D eigenvalue weighted by Gasteiger charge is -2.28. The molecule has 1 aliphatic heterocycles. The fourth-order valence-corrected chi connectivity index (χ4v) is 2.42. The number of carboxylic acids is 1. The monoisotopic (exact) mass is 292 g/mol. The first-order chi connectivity index (χ1) is 10.3. The minimum absolute atomic E-state index is 0.272. The van der Waals surface area contributed by atoms with Gasteiger partial charge in [-0.3, -0.25) is 4.79 Å². The number of nitrogens with zero attached hydrogens (tertiary/aromatic N) is 1. The van der Waals surface area contributed by atoms with Crippen molar-refractivity contribution in [1.29, 1.82) is 0 Å². The number of morpholine rings is 1. The Morgan fingerprint density at radius 3 is 2.52 bits per heavy atom. The molecule has 0 radical (unpaired) electrons. The van der Waals surface area contributed by atoms with Crippen LogP contribution in [0.1, 0.15) is 25.7 Å². The SMILES string of the molecule is O=C(O)CCCCCNc1ccc(N2CCOCC2)cc1. The van der Waals surface area contributed by atoms with Crippen LogP contribution in [0.4, 0.5) is 11.4 Å². The average Bonchev–Trinajstić information content (AvgIpc) is 2.52. The van der Waals surface area contributed by atoms with Crippen molar-refractivity contribution in [2.45, 2.75) is 25.7 Å². The van der Waals surface area contributed by atoms with E-state index in [9.17, 15) is 4.79 Å².